The first-order valence-corrected chi connectivity index (χ1v) is 11.6. The van der Waals surface area contributed by atoms with Gasteiger partial charge in [0.25, 0.3) is 0 Å². The number of piperidine rings is 1. The molecule has 2 atom stereocenters. The fraction of sp³-hybridized carbons (Fsp3) is 0.409. The Kier molecular flexibility index (Phi) is 4.37. The summed E-state index contributed by atoms with van der Waals surface area (Å²) < 4.78 is 15.0. The highest BCUT2D eigenvalue weighted by Crippen LogP contribution is 2.55. The van der Waals surface area contributed by atoms with Crippen LogP contribution in [0.25, 0.3) is 5.65 Å². The summed E-state index contributed by atoms with van der Waals surface area (Å²) in [4.78, 5) is 26.1. The molecule has 162 valence electrons. The van der Waals surface area contributed by atoms with E-state index >= 15 is 0 Å². The summed E-state index contributed by atoms with van der Waals surface area (Å²) in [7, 11) is 0. The normalized spacial score (nSPS) is 24.3. The number of nitrogens with zero attached hydrogens (tertiary/aromatic N) is 7. The van der Waals surface area contributed by atoms with Crippen LogP contribution in [0, 0.1) is 17.1 Å². The highest BCUT2D eigenvalue weighted by Gasteiger charge is 2.57. The lowest BCUT2D eigenvalue weighted by atomic mass is 9.93. The zero-order valence-electron chi connectivity index (χ0n) is 17.2. The van der Waals surface area contributed by atoms with Crippen LogP contribution >= 0.6 is 11.8 Å². The Morgan fingerprint density at radius 2 is 2.06 bits per heavy atom. The van der Waals surface area contributed by atoms with E-state index in [1.807, 2.05) is 17.0 Å². The lowest BCUT2D eigenvalue weighted by Gasteiger charge is -2.38. The van der Waals surface area contributed by atoms with Crippen molar-refractivity contribution in [1.29, 1.82) is 5.26 Å². The van der Waals surface area contributed by atoms with E-state index in [4.69, 9.17) is 0 Å². The van der Waals surface area contributed by atoms with Crippen molar-refractivity contribution in [3.8, 4) is 6.07 Å². The van der Waals surface area contributed by atoms with Crippen LogP contribution in [0.1, 0.15) is 42.9 Å². The quantitative estimate of drug-likeness (QED) is 0.594. The number of thioether (sulfide) groups is 1. The molecule has 1 spiro atoms. The molecule has 6 rings (SSSR count). The number of fused-ring (bicyclic) bond motifs is 2. The van der Waals surface area contributed by atoms with Crippen molar-refractivity contribution < 1.29 is 9.18 Å². The molecule has 3 aromatic heterocycles. The molecule has 32 heavy (non-hydrogen) atoms. The van der Waals surface area contributed by atoms with Crippen molar-refractivity contribution in [2.45, 2.75) is 41.8 Å². The molecule has 0 saturated carbocycles. The second-order valence-corrected chi connectivity index (χ2v) is 10.1. The highest BCUT2D eigenvalue weighted by atomic mass is 32.2. The molecule has 8 nitrogen and oxygen atoms in total. The fourth-order valence-electron chi connectivity index (χ4n) is 5.26. The Morgan fingerprint density at radius 1 is 1.22 bits per heavy atom. The van der Waals surface area contributed by atoms with E-state index < -0.39 is 10.6 Å². The number of rotatable bonds is 2. The minimum Gasteiger partial charge on any atom is -0.356 e. The van der Waals surface area contributed by atoms with E-state index in [0.717, 1.165) is 37.1 Å². The summed E-state index contributed by atoms with van der Waals surface area (Å²) in [6.07, 6.45) is 9.38. The molecule has 0 unspecified atom stereocenters. The molecule has 3 saturated heterocycles. The molecule has 3 aliphatic heterocycles. The van der Waals surface area contributed by atoms with Crippen molar-refractivity contribution in [1.82, 2.24) is 24.5 Å². The largest absolute Gasteiger partial charge is 0.356 e. The lowest BCUT2D eigenvalue weighted by Crippen LogP contribution is -2.48. The summed E-state index contributed by atoms with van der Waals surface area (Å²) in [6.45, 7) is 1.38. The summed E-state index contributed by atoms with van der Waals surface area (Å²) in [6, 6.07) is 5.81. The zero-order chi connectivity index (χ0) is 21.9. The molecular weight excluding hydrogens is 429 g/mol. The van der Waals surface area contributed by atoms with Gasteiger partial charge in [0.05, 0.1) is 23.2 Å². The molecule has 3 fully saturated rings. The maximum absolute atomic E-state index is 13.9. The molecule has 3 aromatic rings. The van der Waals surface area contributed by atoms with Crippen molar-refractivity contribution in [2.24, 2.45) is 0 Å². The molecule has 0 aliphatic carbocycles. The third kappa shape index (κ3) is 2.80. The maximum atomic E-state index is 13.9. The third-order valence-corrected chi connectivity index (χ3v) is 8.59. The van der Waals surface area contributed by atoms with Crippen LogP contribution in [0.4, 0.5) is 10.2 Å². The first-order valence-electron chi connectivity index (χ1n) is 10.7. The predicted molar refractivity (Wildman–Crippen MR) is 116 cm³/mol. The van der Waals surface area contributed by atoms with Gasteiger partial charge in [0.15, 0.2) is 11.5 Å². The van der Waals surface area contributed by atoms with Gasteiger partial charge >= 0.3 is 0 Å². The summed E-state index contributed by atoms with van der Waals surface area (Å²) in [5.74, 6) is 0.549. The van der Waals surface area contributed by atoms with Crippen molar-refractivity contribution >= 4 is 29.1 Å². The van der Waals surface area contributed by atoms with Gasteiger partial charge < -0.3 is 9.80 Å². The lowest BCUT2D eigenvalue weighted by molar-refractivity contribution is -0.134. The number of nitriles is 1. The molecule has 0 radical (unpaired) electrons. The fourth-order valence-corrected chi connectivity index (χ4v) is 7.02. The maximum Gasteiger partial charge on any atom is 0.240 e. The van der Waals surface area contributed by atoms with Crippen LogP contribution in [0.5, 0.6) is 0 Å². The van der Waals surface area contributed by atoms with Crippen LogP contribution in [0.15, 0.2) is 36.9 Å². The van der Waals surface area contributed by atoms with E-state index in [1.165, 1.54) is 10.7 Å². The molecule has 0 aromatic carbocycles. The Hall–Kier alpha value is -3.19. The van der Waals surface area contributed by atoms with Crippen LogP contribution in [-0.4, -0.2) is 53.6 Å². The SMILES string of the molecule is N#Cc1cncc([C@@H]2CC[C@H]3SC4(CCN(c5ccnc6c(F)cnn56)CC4)C(=O)N32)c1. The molecule has 0 bridgehead atoms. The zero-order valence-corrected chi connectivity index (χ0v) is 18.0. The molecule has 6 heterocycles. The number of aromatic nitrogens is 4. The van der Waals surface area contributed by atoms with E-state index in [-0.39, 0.29) is 23.0 Å². The van der Waals surface area contributed by atoms with Gasteiger partial charge in [-0.15, -0.1) is 11.8 Å². The van der Waals surface area contributed by atoms with E-state index in [0.29, 0.717) is 18.7 Å². The van der Waals surface area contributed by atoms with Gasteiger partial charge in [0, 0.05) is 31.7 Å². The minimum absolute atomic E-state index is 0.0231. The topological polar surface area (TPSA) is 90.4 Å². The van der Waals surface area contributed by atoms with Crippen LogP contribution in [0.3, 0.4) is 0 Å². The van der Waals surface area contributed by atoms with Gasteiger partial charge in [0.1, 0.15) is 16.6 Å². The van der Waals surface area contributed by atoms with Crippen LogP contribution in [0.2, 0.25) is 0 Å². The predicted octanol–water partition coefficient (Wildman–Crippen LogP) is 2.91. The Morgan fingerprint density at radius 3 is 2.88 bits per heavy atom. The molecule has 10 heteroatoms. The molecule has 0 N–H and O–H groups in total. The number of hydrogen-bond donors (Lipinski definition) is 0. The van der Waals surface area contributed by atoms with Gasteiger partial charge in [-0.05, 0) is 43.4 Å². The standard InChI is InChI=1S/C22H20FN7OS/c23-16-13-27-30-18(3-6-26-20(16)30)28-7-4-22(5-8-28)21(31)29-17(1-2-19(29)32-22)15-9-14(10-24)11-25-12-15/h3,6,9,11-13,17,19H,1-2,4-5,7-8H2/t17-,19+/m0/s1. The van der Waals surface area contributed by atoms with Crippen molar-refractivity contribution in [3.05, 3.63) is 53.9 Å². The number of halogens is 1. The second-order valence-electron chi connectivity index (χ2n) is 8.51. The summed E-state index contributed by atoms with van der Waals surface area (Å²) in [5, 5.41) is 13.5. The van der Waals surface area contributed by atoms with Gasteiger partial charge in [-0.3, -0.25) is 9.78 Å². The monoisotopic (exact) mass is 449 g/mol. The van der Waals surface area contributed by atoms with Gasteiger partial charge in [0.2, 0.25) is 5.91 Å². The number of pyridine rings is 1. The van der Waals surface area contributed by atoms with Gasteiger partial charge in [-0.2, -0.15) is 14.9 Å². The Balaban J connectivity index is 1.23. The highest BCUT2D eigenvalue weighted by molar-refractivity contribution is 8.02. The van der Waals surface area contributed by atoms with E-state index in [9.17, 15) is 14.4 Å². The third-order valence-electron chi connectivity index (χ3n) is 6.83. The first kappa shape index (κ1) is 19.5. The van der Waals surface area contributed by atoms with E-state index in [2.05, 4.69) is 26.0 Å². The molecular formula is C22H20FN7OS. The second kappa shape index (κ2) is 7.17. The number of carbonyl (C=O) groups excluding carboxylic acids is 1. The van der Waals surface area contributed by atoms with E-state index in [1.54, 1.807) is 30.4 Å². The summed E-state index contributed by atoms with van der Waals surface area (Å²) >= 11 is 1.80. The average molecular weight is 450 g/mol. The van der Waals surface area contributed by atoms with Crippen LogP contribution in [-0.2, 0) is 4.79 Å². The van der Waals surface area contributed by atoms with Crippen molar-refractivity contribution in [3.63, 3.8) is 0 Å². The van der Waals surface area contributed by atoms with Gasteiger partial charge in [-0.1, -0.05) is 0 Å². The Bertz CT molecular complexity index is 1260. The smallest absolute Gasteiger partial charge is 0.240 e. The number of amides is 1. The number of hydrogen-bond acceptors (Lipinski definition) is 7. The summed E-state index contributed by atoms with van der Waals surface area (Å²) in [5.41, 5.74) is 1.67. The number of anilines is 1. The molecule has 3 aliphatic rings. The van der Waals surface area contributed by atoms with Crippen LogP contribution < -0.4 is 4.90 Å². The Labute approximate surface area is 188 Å². The molecule has 1 amide bonds. The van der Waals surface area contributed by atoms with Crippen molar-refractivity contribution in [2.75, 3.05) is 18.0 Å². The average Bonchev–Trinajstić information content (AvgIpc) is 3.49. The number of carbonyl (C=O) groups is 1. The minimum atomic E-state index is -0.441. The first-order chi connectivity index (χ1) is 15.6. The van der Waals surface area contributed by atoms with Gasteiger partial charge in [-0.25, -0.2) is 9.37 Å².